The number of hydrogen-bond acceptors (Lipinski definition) is 3. The minimum atomic E-state index is -5.05. The fourth-order valence-corrected chi connectivity index (χ4v) is 3.29. The van der Waals surface area contributed by atoms with Gasteiger partial charge in [0.2, 0.25) is 0 Å². The fraction of sp³-hybridized carbons (Fsp3) is 0.227. The van der Waals surface area contributed by atoms with Gasteiger partial charge in [-0.05, 0) is 48.2 Å². The number of nitrogens with zero attached hydrogens (tertiary/aromatic N) is 2. The van der Waals surface area contributed by atoms with Crippen molar-refractivity contribution in [3.8, 4) is 0 Å². The van der Waals surface area contributed by atoms with Crippen molar-refractivity contribution >= 4 is 23.2 Å². The molecule has 0 fully saturated rings. The number of halogens is 7. The second-order valence-electron chi connectivity index (χ2n) is 7.31. The lowest BCUT2D eigenvalue weighted by Crippen LogP contribution is -2.17. The standard InChI is InChI=1S/C22H16ClF6N3O/c1-12(5-18-10-30-11-19(23)31-18)13-3-2-4-17(8-13)32-20(33)14-6-15(21(24,25)26)9-16(7-14)22(27,28)29/h2-4,6-12H,5H2,1H3,(H,32,33)/t12-/m1/s1. The largest absolute Gasteiger partial charge is 0.416 e. The van der Waals surface area contributed by atoms with E-state index in [0.29, 0.717) is 24.2 Å². The van der Waals surface area contributed by atoms with Crippen LogP contribution in [0, 0.1) is 0 Å². The number of rotatable bonds is 5. The molecule has 33 heavy (non-hydrogen) atoms. The Morgan fingerprint density at radius 1 is 1.00 bits per heavy atom. The predicted octanol–water partition coefficient (Wildman–Crippen LogP) is 6.77. The van der Waals surface area contributed by atoms with Crippen LogP contribution < -0.4 is 5.32 Å². The second kappa shape index (κ2) is 9.38. The average Bonchev–Trinajstić information content (AvgIpc) is 2.72. The highest BCUT2D eigenvalue weighted by molar-refractivity contribution is 6.29. The number of hydrogen-bond donors (Lipinski definition) is 1. The zero-order valence-corrected chi connectivity index (χ0v) is 17.7. The molecule has 3 aromatic rings. The smallest absolute Gasteiger partial charge is 0.322 e. The van der Waals surface area contributed by atoms with E-state index >= 15 is 0 Å². The van der Waals surface area contributed by atoms with Crippen LogP contribution in [0.1, 0.15) is 45.6 Å². The molecule has 0 saturated heterocycles. The van der Waals surface area contributed by atoms with Crippen LogP contribution in [0.2, 0.25) is 5.15 Å². The Kier molecular flexibility index (Phi) is 6.97. The van der Waals surface area contributed by atoms with Crippen molar-refractivity contribution in [3.63, 3.8) is 0 Å². The molecule has 2 aromatic carbocycles. The minimum absolute atomic E-state index is 0.0299. The first kappa shape index (κ1) is 24.5. The highest BCUT2D eigenvalue weighted by Crippen LogP contribution is 2.36. The Morgan fingerprint density at radius 3 is 2.21 bits per heavy atom. The quantitative estimate of drug-likeness (QED) is 0.404. The topological polar surface area (TPSA) is 54.9 Å². The fourth-order valence-electron chi connectivity index (χ4n) is 3.12. The van der Waals surface area contributed by atoms with Gasteiger partial charge in [0, 0.05) is 17.4 Å². The minimum Gasteiger partial charge on any atom is -0.322 e. The lowest BCUT2D eigenvalue weighted by Gasteiger charge is -2.15. The molecule has 0 unspecified atom stereocenters. The molecular weight excluding hydrogens is 472 g/mol. The third-order valence-corrected chi connectivity index (χ3v) is 4.92. The summed E-state index contributed by atoms with van der Waals surface area (Å²) in [5.41, 5.74) is -2.28. The molecule has 0 spiro atoms. The maximum absolute atomic E-state index is 13.1. The van der Waals surface area contributed by atoms with Crippen molar-refractivity contribution in [2.45, 2.75) is 31.6 Å². The Bertz CT molecular complexity index is 1130. The number of carbonyl (C=O) groups is 1. The average molecular weight is 488 g/mol. The van der Waals surface area contributed by atoms with Crippen LogP contribution in [-0.4, -0.2) is 15.9 Å². The van der Waals surface area contributed by atoms with E-state index in [4.69, 9.17) is 11.6 Å². The van der Waals surface area contributed by atoms with Crippen molar-refractivity contribution in [3.05, 3.63) is 88.0 Å². The molecule has 11 heteroatoms. The second-order valence-corrected chi connectivity index (χ2v) is 7.70. The van der Waals surface area contributed by atoms with E-state index in [0.717, 1.165) is 5.56 Å². The van der Waals surface area contributed by atoms with Gasteiger partial charge in [-0.1, -0.05) is 30.7 Å². The molecule has 0 bridgehead atoms. The maximum atomic E-state index is 13.1. The van der Waals surface area contributed by atoms with Gasteiger partial charge >= 0.3 is 12.4 Å². The third-order valence-electron chi connectivity index (χ3n) is 4.73. The van der Waals surface area contributed by atoms with E-state index in [-0.39, 0.29) is 22.8 Å². The van der Waals surface area contributed by atoms with Crippen LogP contribution in [-0.2, 0) is 18.8 Å². The molecular formula is C22H16ClF6N3O. The lowest BCUT2D eigenvalue weighted by atomic mass is 9.96. The van der Waals surface area contributed by atoms with E-state index in [9.17, 15) is 31.1 Å². The molecule has 174 valence electrons. The zero-order chi connectivity index (χ0) is 24.4. The van der Waals surface area contributed by atoms with Gasteiger partial charge in [-0.3, -0.25) is 9.78 Å². The molecule has 1 heterocycles. The summed E-state index contributed by atoms with van der Waals surface area (Å²) >= 11 is 5.83. The van der Waals surface area contributed by atoms with Crippen LogP contribution in [0.25, 0.3) is 0 Å². The number of aromatic nitrogens is 2. The summed E-state index contributed by atoms with van der Waals surface area (Å²) in [5, 5.41) is 2.60. The molecule has 0 aliphatic heterocycles. The number of anilines is 1. The molecule has 1 N–H and O–H groups in total. The van der Waals surface area contributed by atoms with Gasteiger partial charge in [0.25, 0.3) is 5.91 Å². The molecule has 4 nitrogen and oxygen atoms in total. The summed E-state index contributed by atoms with van der Waals surface area (Å²) in [4.78, 5) is 20.6. The Labute approximate surface area is 189 Å². The lowest BCUT2D eigenvalue weighted by molar-refractivity contribution is -0.143. The van der Waals surface area contributed by atoms with E-state index in [1.807, 2.05) is 6.92 Å². The van der Waals surface area contributed by atoms with Gasteiger partial charge in [0.15, 0.2) is 0 Å². The first-order chi connectivity index (χ1) is 15.3. The number of nitrogens with one attached hydrogen (secondary N) is 1. The monoisotopic (exact) mass is 487 g/mol. The van der Waals surface area contributed by atoms with Crippen molar-refractivity contribution in [1.82, 2.24) is 9.97 Å². The number of alkyl halides is 6. The first-order valence-corrected chi connectivity index (χ1v) is 9.88. The van der Waals surface area contributed by atoms with Crippen molar-refractivity contribution in [1.29, 1.82) is 0 Å². The Hall–Kier alpha value is -3.14. The zero-order valence-electron chi connectivity index (χ0n) is 16.9. The van der Waals surface area contributed by atoms with Gasteiger partial charge in [-0.25, -0.2) is 4.98 Å². The van der Waals surface area contributed by atoms with Gasteiger partial charge in [0.05, 0.1) is 23.0 Å². The van der Waals surface area contributed by atoms with Crippen LogP contribution in [0.5, 0.6) is 0 Å². The van der Waals surface area contributed by atoms with E-state index < -0.39 is 35.0 Å². The number of benzene rings is 2. The molecule has 1 atom stereocenters. The molecule has 1 aromatic heterocycles. The highest BCUT2D eigenvalue weighted by atomic mass is 35.5. The summed E-state index contributed by atoms with van der Waals surface area (Å²) in [6.45, 7) is 1.88. The summed E-state index contributed by atoms with van der Waals surface area (Å²) in [5.74, 6) is -1.20. The van der Waals surface area contributed by atoms with Crippen molar-refractivity contribution in [2.24, 2.45) is 0 Å². The summed E-state index contributed by atoms with van der Waals surface area (Å²) in [6.07, 6.45) is -6.68. The van der Waals surface area contributed by atoms with Gasteiger partial charge < -0.3 is 5.32 Å². The van der Waals surface area contributed by atoms with Gasteiger partial charge in [-0.2, -0.15) is 26.3 Å². The van der Waals surface area contributed by atoms with Crippen LogP contribution >= 0.6 is 11.6 Å². The normalized spacial score (nSPS) is 13.0. The highest BCUT2D eigenvalue weighted by Gasteiger charge is 2.37. The van der Waals surface area contributed by atoms with Crippen molar-refractivity contribution in [2.75, 3.05) is 5.32 Å². The third kappa shape index (κ3) is 6.44. The molecule has 0 saturated carbocycles. The number of carbonyl (C=O) groups excluding carboxylic acids is 1. The predicted molar refractivity (Wildman–Crippen MR) is 110 cm³/mol. The SMILES string of the molecule is C[C@H](Cc1cncc(Cl)n1)c1cccc(NC(=O)c2cc(C(F)(F)F)cc(C(F)(F)F)c2)c1. The molecule has 1 amide bonds. The van der Waals surface area contributed by atoms with E-state index in [1.54, 1.807) is 24.4 Å². The Morgan fingerprint density at radius 2 is 1.64 bits per heavy atom. The molecule has 0 aliphatic carbocycles. The number of amides is 1. The molecule has 0 radical (unpaired) electrons. The molecule has 3 rings (SSSR count). The van der Waals surface area contributed by atoms with Crippen LogP contribution in [0.3, 0.4) is 0 Å². The molecule has 0 aliphatic rings. The van der Waals surface area contributed by atoms with Crippen LogP contribution in [0.4, 0.5) is 32.0 Å². The van der Waals surface area contributed by atoms with E-state index in [2.05, 4.69) is 15.3 Å². The Balaban J connectivity index is 1.83. The first-order valence-electron chi connectivity index (χ1n) is 9.50. The van der Waals surface area contributed by atoms with Gasteiger partial charge in [-0.15, -0.1) is 0 Å². The summed E-state index contributed by atoms with van der Waals surface area (Å²) in [7, 11) is 0. The van der Waals surface area contributed by atoms with Gasteiger partial charge in [0.1, 0.15) is 5.15 Å². The van der Waals surface area contributed by atoms with E-state index in [1.165, 1.54) is 12.3 Å². The maximum Gasteiger partial charge on any atom is 0.416 e. The summed E-state index contributed by atoms with van der Waals surface area (Å²) in [6, 6.07) is 7.18. The summed E-state index contributed by atoms with van der Waals surface area (Å²) < 4.78 is 78.3. The van der Waals surface area contributed by atoms with Crippen molar-refractivity contribution < 1.29 is 31.1 Å². The van der Waals surface area contributed by atoms with Crippen LogP contribution in [0.15, 0.2) is 54.9 Å².